The first-order valence-corrected chi connectivity index (χ1v) is 6.36. The Balaban J connectivity index is 0.000000741. The fourth-order valence-electron chi connectivity index (χ4n) is 1.68. The summed E-state index contributed by atoms with van der Waals surface area (Å²) in [7, 11) is 1.50. The molecule has 1 fully saturated rings. The number of nitrogens with two attached hydrogens (primary N) is 1. The molecule has 2 unspecified atom stereocenters. The van der Waals surface area contributed by atoms with Gasteiger partial charge in [0.15, 0.2) is 0 Å². The number of aliphatic hydroxyl groups is 1. The van der Waals surface area contributed by atoms with Crippen LogP contribution in [0.5, 0.6) is 0 Å². The number of nitrogens with one attached hydrogen (secondary N) is 1. The van der Waals surface area contributed by atoms with Crippen LogP contribution in [0, 0.1) is 0 Å². The van der Waals surface area contributed by atoms with E-state index in [1.54, 1.807) is 0 Å². The molecule has 2 atom stereocenters. The molecule has 0 radical (unpaired) electrons. The van der Waals surface area contributed by atoms with Crippen molar-refractivity contribution in [1.29, 1.82) is 0 Å². The second-order valence-corrected chi connectivity index (χ2v) is 3.49. The van der Waals surface area contributed by atoms with Crippen LogP contribution in [0.3, 0.4) is 0 Å². The number of hydrogen-bond acceptors (Lipinski definition) is 5. The third-order valence-electron chi connectivity index (χ3n) is 2.45. The molecule has 110 valence electrons. The van der Waals surface area contributed by atoms with E-state index in [-0.39, 0.29) is 18.9 Å². The summed E-state index contributed by atoms with van der Waals surface area (Å²) in [5.74, 6) is 0. The lowest BCUT2D eigenvalue weighted by Crippen LogP contribution is -2.31. The van der Waals surface area contributed by atoms with E-state index in [2.05, 4.69) is 10.7 Å². The topological polar surface area (TPSA) is 110 Å². The summed E-state index contributed by atoms with van der Waals surface area (Å²) in [5.41, 5.74) is 3.60. The number of H-pyrrole nitrogens is 1. The minimum Gasteiger partial charge on any atom is -0.394 e. The van der Waals surface area contributed by atoms with Gasteiger partial charge in [0, 0.05) is 12.3 Å². The highest BCUT2D eigenvalue weighted by atomic mass is 16.5. The first-order chi connectivity index (χ1) is 9.20. The first kappa shape index (κ1) is 17.6. The third kappa shape index (κ3) is 4.98. The van der Waals surface area contributed by atoms with Gasteiger partial charge in [-0.25, -0.2) is 4.79 Å². The molecule has 1 saturated heterocycles. The van der Waals surface area contributed by atoms with Gasteiger partial charge in [0.1, 0.15) is 6.23 Å². The van der Waals surface area contributed by atoms with E-state index in [4.69, 9.17) is 9.84 Å². The predicted molar refractivity (Wildman–Crippen MR) is 73.0 cm³/mol. The van der Waals surface area contributed by atoms with E-state index < -0.39 is 11.2 Å². The summed E-state index contributed by atoms with van der Waals surface area (Å²) in [6.07, 6.45) is 2.19. The van der Waals surface area contributed by atoms with Gasteiger partial charge in [-0.15, -0.1) is 0 Å². The molecule has 1 aliphatic heterocycles. The molecule has 19 heavy (non-hydrogen) atoms. The molecule has 0 aromatic carbocycles. The van der Waals surface area contributed by atoms with E-state index in [1.807, 2.05) is 13.8 Å². The molecule has 4 N–H and O–H groups in total. The Morgan fingerprint density at radius 3 is 2.53 bits per heavy atom. The highest BCUT2D eigenvalue weighted by Gasteiger charge is 2.26. The lowest BCUT2D eigenvalue weighted by molar-refractivity contribution is -0.0246. The number of nitrogens with zero attached hydrogens (tertiary/aromatic N) is 1. The van der Waals surface area contributed by atoms with E-state index in [0.717, 1.165) is 0 Å². The van der Waals surface area contributed by atoms with E-state index in [9.17, 15) is 9.59 Å². The second-order valence-electron chi connectivity index (χ2n) is 3.49. The predicted octanol–water partition coefficient (Wildman–Crippen LogP) is -0.192. The van der Waals surface area contributed by atoms with E-state index in [0.29, 0.717) is 12.8 Å². The number of aliphatic hydroxyl groups excluding tert-OH is 1. The molecular formula is C12H23N3O4. The zero-order valence-corrected chi connectivity index (χ0v) is 11.6. The monoisotopic (exact) mass is 273 g/mol. The number of ether oxygens (including phenoxy) is 1. The average Bonchev–Trinajstić information content (AvgIpc) is 2.92. The van der Waals surface area contributed by atoms with Crippen molar-refractivity contribution >= 4 is 0 Å². The van der Waals surface area contributed by atoms with Gasteiger partial charge in [-0.2, -0.15) is 0 Å². The van der Waals surface area contributed by atoms with Crippen LogP contribution in [0.25, 0.3) is 0 Å². The van der Waals surface area contributed by atoms with Crippen LogP contribution >= 0.6 is 0 Å². The van der Waals surface area contributed by atoms with Gasteiger partial charge in [-0.3, -0.25) is 14.3 Å². The molecule has 0 bridgehead atoms. The summed E-state index contributed by atoms with van der Waals surface area (Å²) >= 11 is 0. The number of rotatable bonds is 2. The minimum absolute atomic E-state index is 0.0470. The quantitative estimate of drug-likeness (QED) is 0.691. The van der Waals surface area contributed by atoms with Gasteiger partial charge >= 0.3 is 5.69 Å². The Hall–Kier alpha value is -1.44. The smallest absolute Gasteiger partial charge is 0.330 e. The fourth-order valence-corrected chi connectivity index (χ4v) is 1.68. The van der Waals surface area contributed by atoms with Crippen LogP contribution in [0.15, 0.2) is 21.9 Å². The van der Waals surface area contributed by atoms with Gasteiger partial charge in [0.2, 0.25) is 0 Å². The molecular weight excluding hydrogens is 250 g/mol. The second kappa shape index (κ2) is 9.48. The molecule has 1 aromatic heterocycles. The Bertz CT molecular complexity index is 455. The molecule has 7 heteroatoms. The van der Waals surface area contributed by atoms with Crippen LogP contribution in [-0.4, -0.2) is 34.4 Å². The zero-order valence-electron chi connectivity index (χ0n) is 11.6. The molecule has 1 aromatic rings. The van der Waals surface area contributed by atoms with Crippen LogP contribution in [0.4, 0.5) is 0 Å². The van der Waals surface area contributed by atoms with Gasteiger partial charge in [-0.05, 0) is 19.9 Å². The van der Waals surface area contributed by atoms with Crippen LogP contribution in [0.1, 0.15) is 32.9 Å². The molecule has 2 heterocycles. The van der Waals surface area contributed by atoms with Crippen molar-refractivity contribution in [2.24, 2.45) is 5.73 Å². The van der Waals surface area contributed by atoms with Crippen molar-refractivity contribution in [2.45, 2.75) is 39.0 Å². The Labute approximate surface area is 112 Å². The highest BCUT2D eigenvalue weighted by molar-refractivity contribution is 4.85. The maximum absolute atomic E-state index is 11.4. The molecule has 0 aliphatic carbocycles. The molecule has 2 rings (SSSR count). The Morgan fingerprint density at radius 2 is 2.05 bits per heavy atom. The minimum atomic E-state index is -0.480. The average molecular weight is 273 g/mol. The summed E-state index contributed by atoms with van der Waals surface area (Å²) in [6, 6.07) is 1.27. The van der Waals surface area contributed by atoms with Crippen molar-refractivity contribution in [3.8, 4) is 0 Å². The van der Waals surface area contributed by atoms with E-state index >= 15 is 0 Å². The van der Waals surface area contributed by atoms with Crippen molar-refractivity contribution in [1.82, 2.24) is 9.55 Å². The molecule has 7 nitrogen and oxygen atoms in total. The standard InChI is InChI=1S/C9H12N2O4.C2H6.CH5N/c12-5-6-1-2-8(15-6)11-4-3-7(13)10-9(11)14;2*1-2/h3-4,6,8,12H,1-2,5H2,(H,10,13,14);1-2H3;2H2,1H3. The maximum atomic E-state index is 11.4. The van der Waals surface area contributed by atoms with Crippen LogP contribution in [-0.2, 0) is 4.74 Å². The van der Waals surface area contributed by atoms with Crippen molar-refractivity contribution < 1.29 is 9.84 Å². The van der Waals surface area contributed by atoms with E-state index in [1.165, 1.54) is 23.9 Å². The molecule has 0 saturated carbocycles. The van der Waals surface area contributed by atoms with Gasteiger partial charge in [0.05, 0.1) is 12.7 Å². The Morgan fingerprint density at radius 1 is 1.42 bits per heavy atom. The summed E-state index contributed by atoms with van der Waals surface area (Å²) in [5, 5.41) is 8.87. The van der Waals surface area contributed by atoms with Gasteiger partial charge in [0.25, 0.3) is 5.56 Å². The molecule has 0 spiro atoms. The lowest BCUT2D eigenvalue weighted by Gasteiger charge is -2.13. The largest absolute Gasteiger partial charge is 0.394 e. The zero-order chi connectivity index (χ0) is 14.8. The van der Waals surface area contributed by atoms with Gasteiger partial charge < -0.3 is 15.6 Å². The first-order valence-electron chi connectivity index (χ1n) is 6.36. The normalized spacial score (nSPS) is 20.9. The van der Waals surface area contributed by atoms with Crippen LogP contribution in [0.2, 0.25) is 0 Å². The number of hydrogen-bond donors (Lipinski definition) is 3. The van der Waals surface area contributed by atoms with Crippen molar-refractivity contribution in [3.05, 3.63) is 33.1 Å². The van der Waals surface area contributed by atoms with Crippen LogP contribution < -0.4 is 17.0 Å². The van der Waals surface area contributed by atoms with Crippen molar-refractivity contribution in [3.63, 3.8) is 0 Å². The fraction of sp³-hybridized carbons (Fsp3) is 0.667. The third-order valence-corrected chi connectivity index (χ3v) is 2.45. The summed E-state index contributed by atoms with van der Waals surface area (Å²) in [6.45, 7) is 3.95. The summed E-state index contributed by atoms with van der Waals surface area (Å²) < 4.78 is 6.74. The SMILES string of the molecule is CC.CN.O=c1ccn(C2CCC(CO)O2)c(=O)[nH]1. The van der Waals surface area contributed by atoms with Crippen molar-refractivity contribution in [2.75, 3.05) is 13.7 Å². The van der Waals surface area contributed by atoms with Gasteiger partial charge in [-0.1, -0.05) is 13.8 Å². The number of aromatic amines is 1. The highest BCUT2D eigenvalue weighted by Crippen LogP contribution is 2.26. The summed E-state index contributed by atoms with van der Waals surface area (Å²) in [4.78, 5) is 24.4. The molecule has 0 amide bonds. The lowest BCUT2D eigenvalue weighted by atomic mass is 10.2. The molecule has 1 aliphatic rings. The Kier molecular flexibility index (Phi) is 8.77. The number of aromatic nitrogens is 2. The maximum Gasteiger partial charge on any atom is 0.330 e.